The van der Waals surface area contributed by atoms with Gasteiger partial charge in [0.1, 0.15) is 11.8 Å². The number of nitrogens with zero attached hydrogens (tertiary/aromatic N) is 1. The number of hydrogen-bond donors (Lipinski definition) is 3. The standard InChI is InChI=1S/C33H36N4O4/c1-22(38)35-26-14-16-27(17-15-26)37(31(39)20-24-21-34-30-11-7-6-10-29(24)30)32(23-12-18-28(41-2)19-13-23)33(40)36-25-8-4-3-5-9-25/h6-7,10-19,21,25,32,34H,3-5,8-9,20H2,1-2H3,(H,35,38)(H,36,40)/t32-/m0/s1. The predicted octanol–water partition coefficient (Wildman–Crippen LogP) is 5.90. The van der Waals surface area contributed by atoms with Crippen molar-refractivity contribution in [2.24, 2.45) is 0 Å². The number of fused-ring (bicyclic) bond motifs is 1. The molecule has 3 N–H and O–H groups in total. The van der Waals surface area contributed by atoms with Gasteiger partial charge in [0.2, 0.25) is 17.7 Å². The van der Waals surface area contributed by atoms with E-state index in [1.54, 1.807) is 48.4 Å². The van der Waals surface area contributed by atoms with Gasteiger partial charge in [0.15, 0.2) is 0 Å². The van der Waals surface area contributed by atoms with Crippen LogP contribution >= 0.6 is 0 Å². The van der Waals surface area contributed by atoms with Crippen molar-refractivity contribution in [3.8, 4) is 5.75 Å². The molecule has 8 nitrogen and oxygen atoms in total. The van der Waals surface area contributed by atoms with E-state index in [9.17, 15) is 14.4 Å². The summed E-state index contributed by atoms with van der Waals surface area (Å²) in [5, 5.41) is 6.98. The summed E-state index contributed by atoms with van der Waals surface area (Å²) in [6, 6.07) is 21.3. The SMILES string of the molecule is COc1ccc([C@@H](C(=O)NC2CCCCC2)N(C(=O)Cc2c[nH]c3ccccc23)c2ccc(NC(C)=O)cc2)cc1. The lowest BCUT2D eigenvalue weighted by Crippen LogP contribution is -2.47. The summed E-state index contributed by atoms with van der Waals surface area (Å²) < 4.78 is 5.36. The molecule has 0 unspecified atom stereocenters. The molecule has 0 radical (unpaired) electrons. The fraction of sp³-hybridized carbons (Fsp3) is 0.303. The molecule has 0 bridgehead atoms. The number of nitrogens with one attached hydrogen (secondary N) is 3. The van der Waals surface area contributed by atoms with Crippen molar-refractivity contribution in [2.45, 2.75) is 57.5 Å². The second-order valence-corrected chi connectivity index (χ2v) is 10.5. The maximum atomic E-state index is 14.3. The first-order valence-corrected chi connectivity index (χ1v) is 14.1. The molecule has 1 heterocycles. The van der Waals surface area contributed by atoms with Gasteiger partial charge in [-0.25, -0.2) is 0 Å². The monoisotopic (exact) mass is 552 g/mol. The van der Waals surface area contributed by atoms with Gasteiger partial charge >= 0.3 is 0 Å². The number of para-hydroxylation sites is 1. The highest BCUT2D eigenvalue weighted by Gasteiger charge is 2.34. The molecule has 0 spiro atoms. The maximum Gasteiger partial charge on any atom is 0.248 e. The van der Waals surface area contributed by atoms with Gasteiger partial charge in [0.25, 0.3) is 0 Å². The Morgan fingerprint density at radius 1 is 0.951 bits per heavy atom. The zero-order chi connectivity index (χ0) is 28.8. The normalized spacial score (nSPS) is 14.3. The van der Waals surface area contributed by atoms with Crippen LogP contribution in [0.15, 0.2) is 79.0 Å². The van der Waals surface area contributed by atoms with Crippen LogP contribution in [0.25, 0.3) is 10.9 Å². The summed E-state index contributed by atoms with van der Waals surface area (Å²) >= 11 is 0. The number of carbonyl (C=O) groups is 3. The molecule has 8 heteroatoms. The van der Waals surface area contributed by atoms with Crippen LogP contribution in [0.1, 0.15) is 56.2 Å². The molecule has 4 aromatic rings. The van der Waals surface area contributed by atoms with Crippen LogP contribution in [0, 0.1) is 0 Å². The number of aromatic nitrogens is 1. The van der Waals surface area contributed by atoms with E-state index in [1.807, 2.05) is 42.6 Å². The van der Waals surface area contributed by atoms with Gasteiger partial charge in [0, 0.05) is 41.4 Å². The number of hydrogen-bond acceptors (Lipinski definition) is 4. The number of amides is 3. The van der Waals surface area contributed by atoms with E-state index in [2.05, 4.69) is 15.6 Å². The lowest BCUT2D eigenvalue weighted by Gasteiger charge is -2.33. The molecule has 1 fully saturated rings. The van der Waals surface area contributed by atoms with E-state index in [1.165, 1.54) is 13.3 Å². The van der Waals surface area contributed by atoms with Gasteiger partial charge in [-0.1, -0.05) is 49.6 Å². The lowest BCUT2D eigenvalue weighted by atomic mass is 9.94. The average Bonchev–Trinajstić information content (AvgIpc) is 3.39. The highest BCUT2D eigenvalue weighted by Crippen LogP contribution is 2.32. The molecule has 5 rings (SSSR count). The fourth-order valence-corrected chi connectivity index (χ4v) is 5.60. The average molecular weight is 553 g/mol. The first-order chi connectivity index (χ1) is 19.9. The third-order valence-electron chi connectivity index (χ3n) is 7.64. The summed E-state index contributed by atoms with van der Waals surface area (Å²) in [4.78, 5) is 44.8. The highest BCUT2D eigenvalue weighted by atomic mass is 16.5. The number of aromatic amines is 1. The second kappa shape index (κ2) is 12.7. The Kier molecular flexibility index (Phi) is 8.67. The molecule has 3 amide bonds. The molecule has 1 saturated carbocycles. The molecule has 212 valence electrons. The number of carbonyl (C=O) groups excluding carboxylic acids is 3. The van der Waals surface area contributed by atoms with Crippen LogP contribution in [0.3, 0.4) is 0 Å². The molecule has 1 atom stereocenters. The minimum atomic E-state index is -0.910. The molecule has 0 saturated heterocycles. The summed E-state index contributed by atoms with van der Waals surface area (Å²) in [5.41, 5.74) is 3.65. The number of methoxy groups -OCH3 is 1. The second-order valence-electron chi connectivity index (χ2n) is 10.5. The van der Waals surface area contributed by atoms with Gasteiger partial charge < -0.3 is 20.4 Å². The molecule has 1 aliphatic rings. The molecule has 1 aliphatic carbocycles. The summed E-state index contributed by atoms with van der Waals surface area (Å²) in [5.74, 6) is 0.0337. The fourth-order valence-electron chi connectivity index (χ4n) is 5.60. The molecule has 0 aliphatic heterocycles. The van der Waals surface area contributed by atoms with Crippen molar-refractivity contribution in [2.75, 3.05) is 17.3 Å². The smallest absolute Gasteiger partial charge is 0.248 e. The van der Waals surface area contributed by atoms with Crippen LogP contribution in [-0.4, -0.2) is 35.9 Å². The van der Waals surface area contributed by atoms with E-state index < -0.39 is 6.04 Å². The Balaban J connectivity index is 1.56. The largest absolute Gasteiger partial charge is 0.497 e. The van der Waals surface area contributed by atoms with Crippen molar-refractivity contribution in [3.63, 3.8) is 0 Å². The first-order valence-electron chi connectivity index (χ1n) is 14.1. The molecule has 41 heavy (non-hydrogen) atoms. The van der Waals surface area contributed by atoms with Crippen LogP contribution in [-0.2, 0) is 20.8 Å². The highest BCUT2D eigenvalue weighted by molar-refractivity contribution is 6.03. The maximum absolute atomic E-state index is 14.3. The van der Waals surface area contributed by atoms with E-state index >= 15 is 0 Å². The van der Waals surface area contributed by atoms with Crippen molar-refractivity contribution in [1.29, 1.82) is 0 Å². The van der Waals surface area contributed by atoms with E-state index in [4.69, 9.17) is 4.74 Å². The van der Waals surface area contributed by atoms with Crippen molar-refractivity contribution < 1.29 is 19.1 Å². The summed E-state index contributed by atoms with van der Waals surface area (Å²) in [6.45, 7) is 1.44. The molecular formula is C33H36N4O4. The Morgan fingerprint density at radius 3 is 2.34 bits per heavy atom. The van der Waals surface area contributed by atoms with Crippen LogP contribution < -0.4 is 20.3 Å². The van der Waals surface area contributed by atoms with Gasteiger partial charge in [-0.15, -0.1) is 0 Å². The Hall–Kier alpha value is -4.59. The van der Waals surface area contributed by atoms with Crippen LogP contribution in [0.4, 0.5) is 11.4 Å². The third-order valence-corrected chi connectivity index (χ3v) is 7.64. The van der Waals surface area contributed by atoms with Crippen molar-refractivity contribution >= 4 is 40.0 Å². The van der Waals surface area contributed by atoms with Crippen LogP contribution in [0.2, 0.25) is 0 Å². The summed E-state index contributed by atoms with van der Waals surface area (Å²) in [7, 11) is 1.59. The van der Waals surface area contributed by atoms with Crippen LogP contribution in [0.5, 0.6) is 5.75 Å². The minimum Gasteiger partial charge on any atom is -0.497 e. The quantitative estimate of drug-likeness (QED) is 0.240. The Morgan fingerprint density at radius 2 is 1.66 bits per heavy atom. The topological polar surface area (TPSA) is 104 Å². The van der Waals surface area contributed by atoms with E-state index in [-0.39, 0.29) is 30.2 Å². The van der Waals surface area contributed by atoms with Gasteiger partial charge in [-0.05, 0) is 66.4 Å². The van der Waals surface area contributed by atoms with Crippen molar-refractivity contribution in [3.05, 3.63) is 90.1 Å². The van der Waals surface area contributed by atoms with E-state index in [0.717, 1.165) is 42.1 Å². The first kappa shape index (κ1) is 28.0. The number of H-pyrrole nitrogens is 1. The zero-order valence-electron chi connectivity index (χ0n) is 23.5. The Labute approximate surface area is 240 Å². The van der Waals surface area contributed by atoms with Gasteiger partial charge in [-0.3, -0.25) is 19.3 Å². The number of ether oxygens (including phenoxy) is 1. The molecule has 3 aromatic carbocycles. The number of anilines is 2. The number of benzene rings is 3. The van der Waals surface area contributed by atoms with E-state index in [0.29, 0.717) is 22.7 Å². The predicted molar refractivity (Wildman–Crippen MR) is 161 cm³/mol. The minimum absolute atomic E-state index is 0.0738. The summed E-state index contributed by atoms with van der Waals surface area (Å²) in [6.07, 6.45) is 7.12. The van der Waals surface area contributed by atoms with Gasteiger partial charge in [0.05, 0.1) is 13.5 Å². The lowest BCUT2D eigenvalue weighted by molar-refractivity contribution is -0.127. The Bertz CT molecular complexity index is 1500. The zero-order valence-corrected chi connectivity index (χ0v) is 23.5. The number of rotatable bonds is 9. The molecule has 1 aromatic heterocycles. The third kappa shape index (κ3) is 6.60. The van der Waals surface area contributed by atoms with Crippen molar-refractivity contribution in [1.82, 2.24) is 10.3 Å². The molecular weight excluding hydrogens is 516 g/mol. The van der Waals surface area contributed by atoms with Gasteiger partial charge in [-0.2, -0.15) is 0 Å².